The maximum atomic E-state index is 12.2. The zero-order valence-electron chi connectivity index (χ0n) is 11.2. The highest BCUT2D eigenvalue weighted by molar-refractivity contribution is 5.79. The first-order valence-corrected chi connectivity index (χ1v) is 7.13. The standard InChI is InChI=1S/C15H21N3O/c16-13-4-6-14(7-5-13)17-8-10-18(11-9-17)15(19)12-2-1-3-12/h4-7,12H,1-3,8-11,16H2. The van der Waals surface area contributed by atoms with Crippen LogP contribution in [-0.2, 0) is 4.79 Å². The lowest BCUT2D eigenvalue weighted by Gasteiger charge is -2.39. The summed E-state index contributed by atoms with van der Waals surface area (Å²) in [5.41, 5.74) is 7.69. The number of carbonyl (C=O) groups excluding carboxylic acids is 1. The number of piperazine rings is 1. The highest BCUT2D eigenvalue weighted by atomic mass is 16.2. The predicted octanol–water partition coefficient (Wildman–Crippen LogP) is 1.72. The maximum Gasteiger partial charge on any atom is 0.225 e. The summed E-state index contributed by atoms with van der Waals surface area (Å²) < 4.78 is 0. The van der Waals surface area contributed by atoms with Crippen LogP contribution < -0.4 is 10.6 Å². The van der Waals surface area contributed by atoms with E-state index in [0.717, 1.165) is 44.7 Å². The molecule has 2 fully saturated rings. The van der Waals surface area contributed by atoms with Crippen molar-refractivity contribution < 1.29 is 4.79 Å². The zero-order valence-corrected chi connectivity index (χ0v) is 11.2. The van der Waals surface area contributed by atoms with Crippen molar-refractivity contribution in [2.75, 3.05) is 36.8 Å². The van der Waals surface area contributed by atoms with Crippen LogP contribution in [0.4, 0.5) is 11.4 Å². The van der Waals surface area contributed by atoms with E-state index in [1.54, 1.807) is 0 Å². The smallest absolute Gasteiger partial charge is 0.225 e. The first kappa shape index (κ1) is 12.3. The van der Waals surface area contributed by atoms with Gasteiger partial charge in [-0.25, -0.2) is 0 Å². The van der Waals surface area contributed by atoms with Gasteiger partial charge in [0.05, 0.1) is 0 Å². The minimum Gasteiger partial charge on any atom is -0.399 e. The molecule has 2 N–H and O–H groups in total. The Morgan fingerprint density at radius 1 is 1.05 bits per heavy atom. The Kier molecular flexibility index (Phi) is 3.32. The molecule has 3 rings (SSSR count). The van der Waals surface area contributed by atoms with Crippen LogP contribution in [-0.4, -0.2) is 37.0 Å². The molecule has 0 radical (unpaired) electrons. The highest BCUT2D eigenvalue weighted by Crippen LogP contribution is 2.29. The Balaban J connectivity index is 1.56. The molecule has 0 spiro atoms. The van der Waals surface area contributed by atoms with Crippen molar-refractivity contribution in [3.05, 3.63) is 24.3 Å². The van der Waals surface area contributed by atoms with Gasteiger partial charge in [0.1, 0.15) is 0 Å². The van der Waals surface area contributed by atoms with E-state index in [-0.39, 0.29) is 0 Å². The number of anilines is 2. The summed E-state index contributed by atoms with van der Waals surface area (Å²) in [6.45, 7) is 3.53. The van der Waals surface area contributed by atoms with Crippen LogP contribution in [0.1, 0.15) is 19.3 Å². The third-order valence-corrected chi connectivity index (χ3v) is 4.30. The molecule has 1 heterocycles. The van der Waals surface area contributed by atoms with E-state index in [1.807, 2.05) is 17.0 Å². The molecule has 4 nitrogen and oxygen atoms in total. The van der Waals surface area contributed by atoms with E-state index < -0.39 is 0 Å². The van der Waals surface area contributed by atoms with Gasteiger partial charge in [0.25, 0.3) is 0 Å². The Morgan fingerprint density at radius 3 is 2.21 bits per heavy atom. The van der Waals surface area contributed by atoms with Crippen LogP contribution in [0.3, 0.4) is 0 Å². The van der Waals surface area contributed by atoms with Gasteiger partial charge in [-0.1, -0.05) is 6.42 Å². The van der Waals surface area contributed by atoms with Crippen LogP contribution >= 0.6 is 0 Å². The van der Waals surface area contributed by atoms with Gasteiger partial charge in [-0.3, -0.25) is 4.79 Å². The topological polar surface area (TPSA) is 49.6 Å². The molecule has 102 valence electrons. The van der Waals surface area contributed by atoms with E-state index >= 15 is 0 Å². The van der Waals surface area contributed by atoms with Crippen molar-refractivity contribution in [3.8, 4) is 0 Å². The fourth-order valence-corrected chi connectivity index (χ4v) is 2.78. The summed E-state index contributed by atoms with van der Waals surface area (Å²) in [6, 6.07) is 7.97. The Bertz CT molecular complexity index is 445. The number of carbonyl (C=O) groups is 1. The van der Waals surface area contributed by atoms with Gasteiger partial charge in [0.15, 0.2) is 0 Å². The number of rotatable bonds is 2. The van der Waals surface area contributed by atoms with E-state index in [9.17, 15) is 4.79 Å². The number of benzene rings is 1. The molecule has 1 saturated heterocycles. The molecule has 1 amide bonds. The van der Waals surface area contributed by atoms with Gasteiger partial charge in [-0.05, 0) is 37.1 Å². The SMILES string of the molecule is Nc1ccc(N2CCN(C(=O)C3CCC3)CC2)cc1. The second-order valence-electron chi connectivity index (χ2n) is 5.53. The van der Waals surface area contributed by atoms with Crippen LogP contribution in [0.2, 0.25) is 0 Å². The molecule has 1 aliphatic heterocycles. The molecule has 0 unspecified atom stereocenters. The van der Waals surface area contributed by atoms with Crippen LogP contribution in [0.25, 0.3) is 0 Å². The van der Waals surface area contributed by atoms with Crippen molar-refractivity contribution >= 4 is 17.3 Å². The minimum absolute atomic E-state index is 0.322. The monoisotopic (exact) mass is 259 g/mol. The van der Waals surface area contributed by atoms with Gasteiger partial charge in [-0.2, -0.15) is 0 Å². The Morgan fingerprint density at radius 2 is 1.68 bits per heavy atom. The van der Waals surface area contributed by atoms with Gasteiger partial charge < -0.3 is 15.5 Å². The molecule has 0 aromatic heterocycles. The van der Waals surface area contributed by atoms with Crippen LogP contribution in [0.15, 0.2) is 24.3 Å². The first-order chi connectivity index (χ1) is 9.24. The summed E-state index contributed by atoms with van der Waals surface area (Å²) in [5.74, 6) is 0.700. The molecule has 19 heavy (non-hydrogen) atoms. The molecular formula is C15H21N3O. The van der Waals surface area contributed by atoms with Gasteiger partial charge >= 0.3 is 0 Å². The maximum absolute atomic E-state index is 12.2. The second-order valence-corrected chi connectivity index (χ2v) is 5.53. The quantitative estimate of drug-likeness (QED) is 0.823. The van der Waals surface area contributed by atoms with E-state index in [4.69, 9.17) is 5.73 Å². The number of hydrogen-bond acceptors (Lipinski definition) is 3. The molecule has 1 saturated carbocycles. The van der Waals surface area contributed by atoms with Crippen molar-refractivity contribution in [3.63, 3.8) is 0 Å². The lowest BCUT2D eigenvalue weighted by atomic mass is 9.84. The van der Waals surface area contributed by atoms with Crippen molar-refractivity contribution in [1.82, 2.24) is 4.90 Å². The lowest BCUT2D eigenvalue weighted by molar-refractivity contribution is -0.138. The average molecular weight is 259 g/mol. The van der Waals surface area contributed by atoms with Crippen molar-refractivity contribution in [1.29, 1.82) is 0 Å². The molecule has 0 bridgehead atoms. The van der Waals surface area contributed by atoms with E-state index in [1.165, 1.54) is 12.1 Å². The number of nitrogens with zero attached hydrogens (tertiary/aromatic N) is 2. The zero-order chi connectivity index (χ0) is 13.2. The van der Waals surface area contributed by atoms with Crippen LogP contribution in [0, 0.1) is 5.92 Å². The Hall–Kier alpha value is -1.71. The lowest BCUT2D eigenvalue weighted by Crippen LogP contribution is -2.51. The summed E-state index contributed by atoms with van der Waals surface area (Å²) in [5, 5.41) is 0. The molecule has 1 aliphatic carbocycles. The number of hydrogen-bond donors (Lipinski definition) is 1. The highest BCUT2D eigenvalue weighted by Gasteiger charge is 2.31. The molecule has 2 aliphatic rings. The summed E-state index contributed by atoms with van der Waals surface area (Å²) in [6.07, 6.45) is 3.41. The van der Waals surface area contributed by atoms with Crippen molar-refractivity contribution in [2.24, 2.45) is 5.92 Å². The molecule has 1 aromatic rings. The third kappa shape index (κ3) is 2.53. The largest absolute Gasteiger partial charge is 0.399 e. The summed E-state index contributed by atoms with van der Waals surface area (Å²) in [4.78, 5) is 16.5. The Labute approximate surface area is 114 Å². The number of nitrogens with two attached hydrogens (primary N) is 1. The second kappa shape index (κ2) is 5.11. The molecule has 0 atom stereocenters. The van der Waals surface area contributed by atoms with Crippen LogP contribution in [0.5, 0.6) is 0 Å². The summed E-state index contributed by atoms with van der Waals surface area (Å²) in [7, 11) is 0. The summed E-state index contributed by atoms with van der Waals surface area (Å²) >= 11 is 0. The predicted molar refractivity (Wildman–Crippen MR) is 77.0 cm³/mol. The normalized spacial score (nSPS) is 20.2. The average Bonchev–Trinajstić information content (AvgIpc) is 2.38. The molecular weight excluding hydrogens is 238 g/mol. The van der Waals surface area contributed by atoms with Gasteiger partial charge in [0.2, 0.25) is 5.91 Å². The first-order valence-electron chi connectivity index (χ1n) is 7.13. The fraction of sp³-hybridized carbons (Fsp3) is 0.533. The minimum atomic E-state index is 0.322. The van der Waals surface area contributed by atoms with Gasteiger partial charge in [-0.15, -0.1) is 0 Å². The number of amides is 1. The fourth-order valence-electron chi connectivity index (χ4n) is 2.78. The van der Waals surface area contributed by atoms with Crippen molar-refractivity contribution in [2.45, 2.75) is 19.3 Å². The van der Waals surface area contributed by atoms with E-state index in [0.29, 0.717) is 11.8 Å². The molecule has 1 aromatic carbocycles. The van der Waals surface area contributed by atoms with E-state index in [2.05, 4.69) is 17.0 Å². The third-order valence-electron chi connectivity index (χ3n) is 4.30. The molecule has 4 heteroatoms. The van der Waals surface area contributed by atoms with Gasteiger partial charge in [0, 0.05) is 43.5 Å². The number of nitrogen functional groups attached to an aromatic ring is 1.